The molecule has 0 spiro atoms. The summed E-state index contributed by atoms with van der Waals surface area (Å²) in [5, 5.41) is 15.9. The molecule has 2 aromatic rings. The molecule has 1 unspecified atom stereocenters. The van der Waals surface area contributed by atoms with E-state index < -0.39 is 4.92 Å². The van der Waals surface area contributed by atoms with E-state index in [1.165, 1.54) is 29.5 Å². The van der Waals surface area contributed by atoms with E-state index in [0.29, 0.717) is 30.4 Å². The van der Waals surface area contributed by atoms with E-state index in [4.69, 9.17) is 9.47 Å². The van der Waals surface area contributed by atoms with Crippen molar-refractivity contribution in [1.82, 2.24) is 10.2 Å². The maximum Gasteiger partial charge on any atom is 0.270 e. The fraction of sp³-hybridized carbons (Fsp3) is 0.476. The fourth-order valence-corrected chi connectivity index (χ4v) is 4.14. The van der Waals surface area contributed by atoms with Gasteiger partial charge in [-0.1, -0.05) is 19.9 Å². The minimum Gasteiger partial charge on any atom is -0.483 e. The first kappa shape index (κ1) is 22.2. The molecule has 0 bridgehead atoms. The Labute approximate surface area is 179 Å². The second kappa shape index (κ2) is 10.5. The summed E-state index contributed by atoms with van der Waals surface area (Å²) in [5.41, 5.74) is 0.586. The minimum absolute atomic E-state index is 0.0180. The van der Waals surface area contributed by atoms with E-state index in [1.807, 2.05) is 17.5 Å². The summed E-state index contributed by atoms with van der Waals surface area (Å²) in [6.07, 6.45) is -0.0393. The van der Waals surface area contributed by atoms with Crippen molar-refractivity contribution in [3.63, 3.8) is 0 Å². The third kappa shape index (κ3) is 6.25. The molecule has 1 amide bonds. The molecule has 9 heteroatoms. The van der Waals surface area contributed by atoms with E-state index >= 15 is 0 Å². The normalized spacial score (nSPS) is 17.1. The number of non-ortho nitro benzene ring substituents is 1. The number of rotatable bonds is 9. The van der Waals surface area contributed by atoms with Crippen molar-refractivity contribution in [2.75, 3.05) is 39.4 Å². The van der Waals surface area contributed by atoms with Gasteiger partial charge in [-0.3, -0.25) is 19.8 Å². The third-order valence-electron chi connectivity index (χ3n) is 4.69. The van der Waals surface area contributed by atoms with Crippen LogP contribution in [0, 0.1) is 16.0 Å². The van der Waals surface area contributed by atoms with E-state index in [9.17, 15) is 14.9 Å². The average Bonchev–Trinajstić information content (AvgIpc) is 3.25. The smallest absolute Gasteiger partial charge is 0.270 e. The number of nitrogens with one attached hydrogen (secondary N) is 1. The van der Waals surface area contributed by atoms with Gasteiger partial charge >= 0.3 is 0 Å². The van der Waals surface area contributed by atoms with Gasteiger partial charge in [-0.25, -0.2) is 0 Å². The monoisotopic (exact) mass is 433 g/mol. The lowest BCUT2D eigenvalue weighted by atomic mass is 10.1. The van der Waals surface area contributed by atoms with E-state index in [1.54, 1.807) is 0 Å². The Hall–Kier alpha value is -2.49. The van der Waals surface area contributed by atoms with Crippen molar-refractivity contribution in [3.8, 4) is 16.2 Å². The number of nitro benzene ring substituents is 1. The Morgan fingerprint density at radius 2 is 2.27 bits per heavy atom. The average molecular weight is 434 g/mol. The Kier molecular flexibility index (Phi) is 7.78. The molecule has 2 heterocycles. The van der Waals surface area contributed by atoms with E-state index in [0.717, 1.165) is 24.5 Å². The zero-order valence-electron chi connectivity index (χ0n) is 17.2. The van der Waals surface area contributed by atoms with Gasteiger partial charge in [0, 0.05) is 48.8 Å². The number of morpholine rings is 1. The lowest BCUT2D eigenvalue weighted by Crippen LogP contribution is -2.48. The second-order valence-corrected chi connectivity index (χ2v) is 8.60. The molecule has 0 saturated carbocycles. The van der Waals surface area contributed by atoms with Crippen LogP contribution in [0.4, 0.5) is 5.69 Å². The Morgan fingerprint density at radius 3 is 2.97 bits per heavy atom. The van der Waals surface area contributed by atoms with Crippen molar-refractivity contribution < 1.29 is 19.2 Å². The molecule has 1 aliphatic rings. The van der Waals surface area contributed by atoms with Gasteiger partial charge in [0.2, 0.25) is 0 Å². The number of amides is 1. The number of benzene rings is 1. The molecule has 0 radical (unpaired) electrons. The minimum atomic E-state index is -0.444. The highest BCUT2D eigenvalue weighted by Gasteiger charge is 2.21. The Balaban J connectivity index is 1.54. The van der Waals surface area contributed by atoms with Gasteiger partial charge in [-0.2, -0.15) is 0 Å². The number of nitro groups is 1. The summed E-state index contributed by atoms with van der Waals surface area (Å²) >= 11 is 1.45. The highest BCUT2D eigenvalue weighted by molar-refractivity contribution is 7.13. The maximum atomic E-state index is 12.3. The number of nitrogens with zero attached hydrogens (tertiary/aromatic N) is 2. The molecule has 1 N–H and O–H groups in total. The van der Waals surface area contributed by atoms with Gasteiger partial charge in [0.05, 0.1) is 17.6 Å². The van der Waals surface area contributed by atoms with Gasteiger partial charge < -0.3 is 14.8 Å². The largest absolute Gasteiger partial charge is 0.483 e. The summed E-state index contributed by atoms with van der Waals surface area (Å²) in [4.78, 5) is 26.1. The zero-order valence-corrected chi connectivity index (χ0v) is 18.0. The second-order valence-electron chi connectivity index (χ2n) is 7.65. The standard InChI is InChI=1S/C21H27N3O5S/c1-15(2)12-23-7-8-28-17(13-23)11-22-21(25)14-29-19-6-5-16(24(26)27)10-18(19)20-4-3-9-30-20/h3-6,9-10,15,17H,7-8,11-14H2,1-2H3,(H,22,25). The molecule has 3 rings (SSSR count). The van der Waals surface area contributed by atoms with Crippen LogP contribution >= 0.6 is 11.3 Å². The van der Waals surface area contributed by atoms with Crippen molar-refractivity contribution in [2.45, 2.75) is 20.0 Å². The highest BCUT2D eigenvalue weighted by atomic mass is 32.1. The molecular formula is C21H27N3O5S. The predicted octanol–water partition coefficient (Wildman–Crippen LogP) is 3.18. The van der Waals surface area contributed by atoms with Crippen LogP contribution in [-0.2, 0) is 9.53 Å². The number of hydrogen-bond acceptors (Lipinski definition) is 7. The fourth-order valence-electron chi connectivity index (χ4n) is 3.39. The summed E-state index contributed by atoms with van der Waals surface area (Å²) in [5.74, 6) is 0.774. The van der Waals surface area contributed by atoms with Crippen molar-refractivity contribution in [3.05, 3.63) is 45.8 Å². The third-order valence-corrected chi connectivity index (χ3v) is 5.60. The molecule has 1 aromatic carbocycles. The van der Waals surface area contributed by atoms with Crippen LogP contribution in [0.15, 0.2) is 35.7 Å². The first-order valence-corrected chi connectivity index (χ1v) is 10.9. The van der Waals surface area contributed by atoms with Crippen molar-refractivity contribution in [2.24, 2.45) is 5.92 Å². The molecular weight excluding hydrogens is 406 g/mol. The highest BCUT2D eigenvalue weighted by Crippen LogP contribution is 2.36. The van der Waals surface area contributed by atoms with Crippen LogP contribution in [0.3, 0.4) is 0 Å². The van der Waals surface area contributed by atoms with E-state index in [-0.39, 0.29) is 24.3 Å². The summed E-state index contributed by atoms with van der Waals surface area (Å²) in [7, 11) is 0. The van der Waals surface area contributed by atoms with Crippen LogP contribution in [0.5, 0.6) is 5.75 Å². The lowest BCUT2D eigenvalue weighted by Gasteiger charge is -2.33. The van der Waals surface area contributed by atoms with Crippen LogP contribution in [-0.4, -0.2) is 61.2 Å². The number of thiophene rings is 1. The Morgan fingerprint density at radius 1 is 1.43 bits per heavy atom. The Bertz CT molecular complexity index is 856. The molecule has 0 aliphatic carbocycles. The van der Waals surface area contributed by atoms with E-state index in [2.05, 4.69) is 24.1 Å². The molecule has 1 atom stereocenters. The number of hydrogen-bond donors (Lipinski definition) is 1. The molecule has 162 valence electrons. The SMILES string of the molecule is CC(C)CN1CCOC(CNC(=O)COc2ccc([N+](=O)[O-])cc2-c2cccs2)C1. The van der Waals surface area contributed by atoms with Crippen LogP contribution in [0.25, 0.3) is 10.4 Å². The molecule has 1 fully saturated rings. The predicted molar refractivity (Wildman–Crippen MR) is 116 cm³/mol. The van der Waals surface area contributed by atoms with Crippen molar-refractivity contribution >= 4 is 22.9 Å². The van der Waals surface area contributed by atoms with Crippen molar-refractivity contribution in [1.29, 1.82) is 0 Å². The van der Waals surface area contributed by atoms with Crippen LogP contribution < -0.4 is 10.1 Å². The zero-order chi connectivity index (χ0) is 21.5. The van der Waals surface area contributed by atoms with Gasteiger partial charge in [0.15, 0.2) is 6.61 Å². The number of carbonyl (C=O) groups is 1. The molecule has 1 saturated heterocycles. The first-order chi connectivity index (χ1) is 14.4. The summed E-state index contributed by atoms with van der Waals surface area (Å²) < 4.78 is 11.4. The number of carbonyl (C=O) groups excluding carboxylic acids is 1. The molecule has 30 heavy (non-hydrogen) atoms. The van der Waals surface area contributed by atoms with Gasteiger partial charge in [0.25, 0.3) is 11.6 Å². The summed E-state index contributed by atoms with van der Waals surface area (Å²) in [6, 6.07) is 8.11. The first-order valence-electron chi connectivity index (χ1n) is 9.98. The van der Waals surface area contributed by atoms with Gasteiger partial charge in [0.1, 0.15) is 5.75 Å². The van der Waals surface area contributed by atoms with Crippen LogP contribution in [0.2, 0.25) is 0 Å². The molecule has 1 aromatic heterocycles. The summed E-state index contributed by atoms with van der Waals surface area (Å²) in [6.45, 7) is 8.02. The topological polar surface area (TPSA) is 93.9 Å². The quantitative estimate of drug-likeness (QED) is 0.482. The molecule has 1 aliphatic heterocycles. The van der Waals surface area contributed by atoms with Gasteiger partial charge in [-0.05, 0) is 23.4 Å². The lowest BCUT2D eigenvalue weighted by molar-refractivity contribution is -0.384. The number of ether oxygens (including phenoxy) is 2. The molecule has 8 nitrogen and oxygen atoms in total. The van der Waals surface area contributed by atoms with Gasteiger partial charge in [-0.15, -0.1) is 11.3 Å². The van der Waals surface area contributed by atoms with Crippen LogP contribution in [0.1, 0.15) is 13.8 Å². The maximum absolute atomic E-state index is 12.3.